The molecule has 1 aromatic rings. The van der Waals surface area contributed by atoms with Gasteiger partial charge in [0.05, 0.1) is 4.90 Å². The van der Waals surface area contributed by atoms with E-state index in [2.05, 4.69) is 0 Å². The first-order valence-electron chi connectivity index (χ1n) is 6.67. The Bertz CT molecular complexity index is 665. The van der Waals surface area contributed by atoms with Crippen LogP contribution in [0.5, 0.6) is 11.5 Å². The normalized spacial score (nSPS) is 19.6. The summed E-state index contributed by atoms with van der Waals surface area (Å²) in [6.45, 7) is 0.692. The van der Waals surface area contributed by atoms with Gasteiger partial charge in [-0.3, -0.25) is 4.79 Å². The highest BCUT2D eigenvalue weighted by Crippen LogP contribution is 2.35. The minimum absolute atomic E-state index is 0.100. The van der Waals surface area contributed by atoms with E-state index in [1.54, 1.807) is 6.07 Å². The quantitative estimate of drug-likeness (QED) is 0.865. The van der Waals surface area contributed by atoms with Crippen LogP contribution in [0.4, 0.5) is 0 Å². The van der Waals surface area contributed by atoms with Crippen LogP contribution in [0.15, 0.2) is 23.1 Å². The van der Waals surface area contributed by atoms with E-state index in [-0.39, 0.29) is 23.5 Å². The number of hydrogen-bond donors (Lipinski definition) is 1. The largest absolute Gasteiger partial charge is 0.454 e. The number of nitrogens with two attached hydrogens (primary N) is 1. The van der Waals surface area contributed by atoms with Crippen molar-refractivity contribution in [2.75, 3.05) is 19.9 Å². The summed E-state index contributed by atoms with van der Waals surface area (Å²) in [5, 5.41) is 0. The van der Waals surface area contributed by atoms with Crippen LogP contribution in [0.25, 0.3) is 0 Å². The zero-order valence-electron chi connectivity index (χ0n) is 11.3. The summed E-state index contributed by atoms with van der Waals surface area (Å²) < 4.78 is 36.9. The number of fused-ring (bicyclic) bond motifs is 1. The Morgan fingerprint density at radius 1 is 1.19 bits per heavy atom. The maximum Gasteiger partial charge on any atom is 0.243 e. The van der Waals surface area contributed by atoms with E-state index in [1.165, 1.54) is 16.4 Å². The van der Waals surface area contributed by atoms with E-state index < -0.39 is 10.0 Å². The zero-order valence-corrected chi connectivity index (χ0v) is 12.1. The molecule has 2 heterocycles. The predicted molar refractivity (Wildman–Crippen MR) is 73.2 cm³/mol. The van der Waals surface area contributed by atoms with Crippen LogP contribution in [0.1, 0.15) is 12.8 Å². The van der Waals surface area contributed by atoms with Gasteiger partial charge in [0.1, 0.15) is 0 Å². The first-order valence-corrected chi connectivity index (χ1v) is 8.11. The van der Waals surface area contributed by atoms with Crippen LogP contribution in [0.3, 0.4) is 0 Å². The molecule has 1 amide bonds. The van der Waals surface area contributed by atoms with Crippen LogP contribution < -0.4 is 15.2 Å². The standard InChI is InChI=1S/C13H16N2O5S/c14-13(16)9-3-5-15(6-4-9)21(17,18)10-1-2-11-12(7-10)20-8-19-11/h1-2,7,9H,3-6,8H2,(H2,14,16). The van der Waals surface area contributed by atoms with Crippen molar-refractivity contribution in [1.29, 1.82) is 0 Å². The Morgan fingerprint density at radius 3 is 2.52 bits per heavy atom. The van der Waals surface area contributed by atoms with Crippen LogP contribution in [-0.4, -0.2) is 38.5 Å². The number of hydrogen-bond acceptors (Lipinski definition) is 5. The molecule has 0 aliphatic carbocycles. The molecule has 8 heteroatoms. The summed E-state index contributed by atoms with van der Waals surface area (Å²) >= 11 is 0. The molecule has 0 spiro atoms. The molecule has 0 bridgehead atoms. The zero-order chi connectivity index (χ0) is 15.0. The van der Waals surface area contributed by atoms with Gasteiger partial charge in [0.2, 0.25) is 22.7 Å². The summed E-state index contributed by atoms with van der Waals surface area (Å²) in [4.78, 5) is 11.3. The topological polar surface area (TPSA) is 98.9 Å². The lowest BCUT2D eigenvalue weighted by Gasteiger charge is -2.29. The lowest BCUT2D eigenvalue weighted by atomic mass is 9.98. The molecule has 2 N–H and O–H groups in total. The minimum Gasteiger partial charge on any atom is -0.454 e. The number of benzene rings is 1. The van der Waals surface area contributed by atoms with E-state index in [4.69, 9.17) is 15.2 Å². The minimum atomic E-state index is -3.59. The van der Waals surface area contributed by atoms with E-state index in [9.17, 15) is 13.2 Å². The highest BCUT2D eigenvalue weighted by atomic mass is 32.2. The average Bonchev–Trinajstić information content (AvgIpc) is 2.94. The van der Waals surface area contributed by atoms with Crippen molar-refractivity contribution in [3.63, 3.8) is 0 Å². The Morgan fingerprint density at radius 2 is 1.86 bits per heavy atom. The van der Waals surface area contributed by atoms with Crippen LogP contribution >= 0.6 is 0 Å². The van der Waals surface area contributed by atoms with Crippen molar-refractivity contribution in [3.05, 3.63) is 18.2 Å². The van der Waals surface area contributed by atoms with Crippen molar-refractivity contribution in [3.8, 4) is 11.5 Å². The van der Waals surface area contributed by atoms with Gasteiger partial charge in [-0.2, -0.15) is 4.31 Å². The Hall–Kier alpha value is -1.80. The molecule has 2 aliphatic rings. The maximum atomic E-state index is 12.6. The second-order valence-corrected chi connectivity index (χ2v) is 7.03. The lowest BCUT2D eigenvalue weighted by Crippen LogP contribution is -2.41. The van der Waals surface area contributed by atoms with Crippen LogP contribution in [0.2, 0.25) is 0 Å². The monoisotopic (exact) mass is 312 g/mol. The number of ether oxygens (including phenoxy) is 2. The smallest absolute Gasteiger partial charge is 0.243 e. The second kappa shape index (κ2) is 5.19. The average molecular weight is 312 g/mol. The Balaban J connectivity index is 1.80. The number of carbonyl (C=O) groups is 1. The molecule has 1 saturated heterocycles. The van der Waals surface area contributed by atoms with Gasteiger partial charge < -0.3 is 15.2 Å². The number of rotatable bonds is 3. The van der Waals surface area contributed by atoms with Gasteiger partial charge in [-0.25, -0.2) is 8.42 Å². The number of nitrogens with zero attached hydrogens (tertiary/aromatic N) is 1. The molecule has 0 unspecified atom stereocenters. The van der Waals surface area contributed by atoms with Crippen LogP contribution in [0, 0.1) is 5.92 Å². The first kappa shape index (κ1) is 14.2. The Labute approximate surface area is 122 Å². The molecule has 114 valence electrons. The van der Waals surface area contributed by atoms with E-state index >= 15 is 0 Å². The fourth-order valence-electron chi connectivity index (χ4n) is 2.57. The van der Waals surface area contributed by atoms with Crippen molar-refractivity contribution >= 4 is 15.9 Å². The number of primary amides is 1. The van der Waals surface area contributed by atoms with Gasteiger partial charge in [-0.15, -0.1) is 0 Å². The molecule has 2 aliphatic heterocycles. The van der Waals surface area contributed by atoms with Gasteiger partial charge in [-0.1, -0.05) is 0 Å². The van der Waals surface area contributed by atoms with Crippen molar-refractivity contribution < 1.29 is 22.7 Å². The first-order chi connectivity index (χ1) is 9.98. The summed E-state index contributed by atoms with van der Waals surface area (Å²) in [6, 6.07) is 4.56. The third kappa shape index (κ3) is 2.56. The highest BCUT2D eigenvalue weighted by molar-refractivity contribution is 7.89. The third-order valence-corrected chi connectivity index (χ3v) is 5.73. The van der Waals surface area contributed by atoms with Gasteiger partial charge in [0, 0.05) is 25.1 Å². The van der Waals surface area contributed by atoms with Gasteiger partial charge >= 0.3 is 0 Å². The molecule has 0 atom stereocenters. The number of sulfonamides is 1. The molecular formula is C13H16N2O5S. The van der Waals surface area contributed by atoms with Crippen molar-refractivity contribution in [1.82, 2.24) is 4.31 Å². The number of piperidine rings is 1. The summed E-state index contributed by atoms with van der Waals surface area (Å²) in [6.07, 6.45) is 0.915. The van der Waals surface area contributed by atoms with E-state index in [0.717, 1.165) is 0 Å². The maximum absolute atomic E-state index is 12.6. The molecule has 1 aromatic carbocycles. The van der Waals surface area contributed by atoms with Gasteiger partial charge in [0.15, 0.2) is 11.5 Å². The summed E-state index contributed by atoms with van der Waals surface area (Å²) in [5.74, 6) is 0.368. The number of carbonyl (C=O) groups excluding carboxylic acids is 1. The third-order valence-electron chi connectivity index (χ3n) is 3.84. The lowest BCUT2D eigenvalue weighted by molar-refractivity contribution is -0.122. The van der Waals surface area contributed by atoms with Gasteiger partial charge in [-0.05, 0) is 25.0 Å². The molecule has 7 nitrogen and oxygen atoms in total. The highest BCUT2D eigenvalue weighted by Gasteiger charge is 2.32. The molecule has 0 radical (unpaired) electrons. The molecule has 0 saturated carbocycles. The fraction of sp³-hybridized carbons (Fsp3) is 0.462. The van der Waals surface area contributed by atoms with Crippen LogP contribution in [-0.2, 0) is 14.8 Å². The Kier molecular flexibility index (Phi) is 3.50. The molecule has 21 heavy (non-hydrogen) atoms. The second-order valence-electron chi connectivity index (χ2n) is 5.10. The van der Waals surface area contributed by atoms with Crippen molar-refractivity contribution in [2.24, 2.45) is 11.7 Å². The predicted octanol–water partition coefficient (Wildman–Crippen LogP) is 0.301. The van der Waals surface area contributed by atoms with Gasteiger partial charge in [0.25, 0.3) is 0 Å². The molecular weight excluding hydrogens is 296 g/mol. The molecule has 1 fully saturated rings. The molecule has 0 aromatic heterocycles. The fourth-order valence-corrected chi connectivity index (χ4v) is 4.05. The van der Waals surface area contributed by atoms with Crippen molar-refractivity contribution in [2.45, 2.75) is 17.7 Å². The molecule has 3 rings (SSSR count). The van der Waals surface area contributed by atoms with E-state index in [1.807, 2.05) is 0 Å². The SMILES string of the molecule is NC(=O)C1CCN(S(=O)(=O)c2ccc3c(c2)OCO3)CC1. The summed E-state index contributed by atoms with van der Waals surface area (Å²) in [5.41, 5.74) is 5.26. The number of amides is 1. The van der Waals surface area contributed by atoms with E-state index in [0.29, 0.717) is 37.4 Å². The summed E-state index contributed by atoms with van der Waals surface area (Å²) in [7, 11) is -3.59.